The van der Waals surface area contributed by atoms with Gasteiger partial charge >= 0.3 is 92.2 Å². The summed E-state index contributed by atoms with van der Waals surface area (Å²) < 4.78 is 0. The molecule has 0 atom stereocenters. The van der Waals surface area contributed by atoms with Crippen LogP contribution in [0.4, 0.5) is 0 Å². The van der Waals surface area contributed by atoms with Gasteiger partial charge in [-0.15, -0.1) is 0 Å². The van der Waals surface area contributed by atoms with Gasteiger partial charge in [-0.05, 0) is 0 Å². The topological polar surface area (TPSA) is 0 Å². The van der Waals surface area contributed by atoms with Crippen LogP contribution in [0, 0.1) is 10.4 Å². The number of rotatable bonds is 3. The standard InChI is InChI=1S/C8H16SeSi.Li/c1-4-10(5-2,6-3)8-7-9;/h9H,4-6H2,1-3H3;/q;+1/p-1. The molecule has 0 radical (unpaired) electrons. The van der Waals surface area contributed by atoms with Crippen molar-refractivity contribution in [3.05, 3.63) is 0 Å². The van der Waals surface area contributed by atoms with Crippen molar-refractivity contribution in [3.8, 4) is 10.4 Å². The van der Waals surface area contributed by atoms with Crippen LogP contribution in [0.25, 0.3) is 0 Å². The van der Waals surface area contributed by atoms with Crippen LogP contribution in [0.1, 0.15) is 20.8 Å². The summed E-state index contributed by atoms with van der Waals surface area (Å²) in [7, 11) is -1.11. The van der Waals surface area contributed by atoms with Crippen LogP contribution < -0.4 is 18.9 Å². The van der Waals surface area contributed by atoms with E-state index in [4.69, 9.17) is 0 Å². The molecule has 0 fully saturated rings. The summed E-state index contributed by atoms with van der Waals surface area (Å²) in [5.74, 6) is 0. The van der Waals surface area contributed by atoms with Gasteiger partial charge in [0.15, 0.2) is 0 Å². The molecule has 0 N–H and O–H groups in total. The fourth-order valence-electron chi connectivity index (χ4n) is 1.12. The molecule has 0 aliphatic carbocycles. The number of hydrogen-bond donors (Lipinski definition) is 0. The maximum atomic E-state index is 3.38. The van der Waals surface area contributed by atoms with Gasteiger partial charge in [0, 0.05) is 0 Å². The van der Waals surface area contributed by atoms with Gasteiger partial charge in [0.2, 0.25) is 0 Å². The van der Waals surface area contributed by atoms with Gasteiger partial charge in [0.1, 0.15) is 0 Å². The van der Waals surface area contributed by atoms with Crippen LogP contribution in [0.5, 0.6) is 0 Å². The van der Waals surface area contributed by atoms with Gasteiger partial charge in [-0.1, -0.05) is 0 Å². The second kappa shape index (κ2) is 7.54. The molecule has 0 aromatic rings. The molecule has 0 amide bonds. The molecule has 0 heterocycles. The quantitative estimate of drug-likeness (QED) is 0.434. The van der Waals surface area contributed by atoms with E-state index in [1.807, 2.05) is 0 Å². The zero-order valence-electron chi connectivity index (χ0n) is 8.03. The van der Waals surface area contributed by atoms with Crippen molar-refractivity contribution >= 4 is 24.1 Å². The number of hydrogen-bond acceptors (Lipinski definition) is 0. The molecule has 0 rings (SSSR count). The summed E-state index contributed by atoms with van der Waals surface area (Å²) in [5, 5.41) is 0. The minimum atomic E-state index is -1.11. The van der Waals surface area contributed by atoms with Crippen LogP contribution in [-0.4, -0.2) is 24.1 Å². The summed E-state index contributed by atoms with van der Waals surface area (Å²) in [6.07, 6.45) is 0. The Labute approximate surface area is 91.9 Å². The average Bonchev–Trinajstić information content (AvgIpc) is 2.01. The largest absolute Gasteiger partial charge is 1.00 e. The third-order valence-corrected chi connectivity index (χ3v) is 7.68. The third kappa shape index (κ3) is 4.46. The summed E-state index contributed by atoms with van der Waals surface area (Å²) in [5.41, 5.74) is 3.38. The van der Waals surface area contributed by atoms with E-state index in [0.717, 1.165) is 0 Å². The van der Waals surface area contributed by atoms with Gasteiger partial charge in [-0.2, -0.15) is 0 Å². The van der Waals surface area contributed by atoms with Gasteiger partial charge < -0.3 is 0 Å². The van der Waals surface area contributed by atoms with Crippen molar-refractivity contribution < 1.29 is 18.9 Å². The molecule has 0 spiro atoms. The Morgan fingerprint density at radius 1 is 1.09 bits per heavy atom. The first kappa shape index (κ1) is 14.4. The van der Waals surface area contributed by atoms with Crippen molar-refractivity contribution in [2.45, 2.75) is 38.9 Å². The first-order valence-corrected chi connectivity index (χ1v) is 7.36. The molecule has 0 unspecified atom stereocenters. The fourth-order valence-corrected chi connectivity index (χ4v) is 4.73. The fraction of sp³-hybridized carbons (Fsp3) is 0.750. The van der Waals surface area contributed by atoms with E-state index in [9.17, 15) is 0 Å². The Morgan fingerprint density at radius 3 is 1.55 bits per heavy atom. The first-order chi connectivity index (χ1) is 4.74. The van der Waals surface area contributed by atoms with Crippen molar-refractivity contribution in [2.75, 3.05) is 0 Å². The van der Waals surface area contributed by atoms with Crippen molar-refractivity contribution in [3.63, 3.8) is 0 Å². The molecule has 0 nitrogen and oxygen atoms in total. The van der Waals surface area contributed by atoms with Crippen LogP contribution in [-0.2, 0) is 0 Å². The molecular weight excluding hydrogens is 210 g/mol. The Balaban J connectivity index is 0. The van der Waals surface area contributed by atoms with Crippen LogP contribution in [0.2, 0.25) is 18.1 Å². The van der Waals surface area contributed by atoms with E-state index in [0.29, 0.717) is 0 Å². The van der Waals surface area contributed by atoms with E-state index < -0.39 is 8.07 Å². The zero-order valence-corrected chi connectivity index (χ0v) is 10.7. The summed E-state index contributed by atoms with van der Waals surface area (Å²) in [6.45, 7) is 6.80. The van der Waals surface area contributed by atoms with Crippen LogP contribution in [0.3, 0.4) is 0 Å². The van der Waals surface area contributed by atoms with E-state index in [2.05, 4.69) is 47.1 Å². The molecule has 0 saturated carbocycles. The molecule has 0 bridgehead atoms. The maximum Gasteiger partial charge on any atom is 1.00 e. The molecule has 11 heavy (non-hydrogen) atoms. The summed E-state index contributed by atoms with van der Waals surface area (Å²) in [4.78, 5) is 2.95. The molecule has 0 saturated heterocycles. The SMILES string of the molecule is CC[Si](C#C[Se-])(CC)CC.[Li+]. The molecule has 3 heteroatoms. The molecule has 0 aromatic carbocycles. The second-order valence-corrected chi connectivity index (χ2v) is 7.93. The van der Waals surface area contributed by atoms with Crippen molar-refractivity contribution in [2.24, 2.45) is 0 Å². The molecule has 0 aromatic heterocycles. The van der Waals surface area contributed by atoms with E-state index in [1.54, 1.807) is 0 Å². The van der Waals surface area contributed by atoms with Crippen molar-refractivity contribution in [1.82, 2.24) is 0 Å². The Hall–Kier alpha value is 0.894. The van der Waals surface area contributed by atoms with Gasteiger partial charge in [-0.25, -0.2) is 0 Å². The van der Waals surface area contributed by atoms with Gasteiger partial charge in [0.05, 0.1) is 0 Å². The summed E-state index contributed by atoms with van der Waals surface area (Å²) in [6, 6.07) is 3.90. The Bertz CT molecular complexity index is 136. The van der Waals surface area contributed by atoms with Crippen LogP contribution >= 0.6 is 0 Å². The normalized spacial score (nSPS) is 9.36. The monoisotopic (exact) mass is 226 g/mol. The van der Waals surface area contributed by atoms with E-state index in [1.165, 1.54) is 18.1 Å². The minimum absolute atomic E-state index is 0. The first-order valence-electron chi connectivity index (χ1n) is 3.89. The molecule has 0 aliphatic rings. The second-order valence-electron chi connectivity index (χ2n) is 2.57. The minimum Gasteiger partial charge on any atom is 1.00 e. The third-order valence-electron chi connectivity index (χ3n) is 2.35. The van der Waals surface area contributed by atoms with Gasteiger partial charge in [-0.3, -0.25) is 0 Å². The summed E-state index contributed by atoms with van der Waals surface area (Å²) >= 11 is 2.77. The average molecular weight is 225 g/mol. The molecule has 0 aliphatic heterocycles. The Kier molecular flexibility index (Phi) is 9.88. The smallest absolute Gasteiger partial charge is 1.00 e. The van der Waals surface area contributed by atoms with Crippen LogP contribution in [0.15, 0.2) is 0 Å². The maximum absolute atomic E-state index is 3.38. The predicted octanol–water partition coefficient (Wildman–Crippen LogP) is -0.832. The molecular formula is C8H15LiSeSi. The Morgan fingerprint density at radius 2 is 1.45 bits per heavy atom. The van der Waals surface area contributed by atoms with Gasteiger partial charge in [0.25, 0.3) is 0 Å². The van der Waals surface area contributed by atoms with Crippen molar-refractivity contribution in [1.29, 1.82) is 0 Å². The predicted molar refractivity (Wildman–Crippen MR) is 50.7 cm³/mol. The zero-order chi connectivity index (χ0) is 8.04. The molecule has 58 valence electrons. The van der Waals surface area contributed by atoms with E-state index >= 15 is 0 Å². The van der Waals surface area contributed by atoms with E-state index in [-0.39, 0.29) is 18.9 Å².